The van der Waals surface area contributed by atoms with Crippen LogP contribution in [0.4, 0.5) is 5.69 Å². The molecular weight excluding hydrogens is 344 g/mol. The van der Waals surface area contributed by atoms with E-state index in [1.807, 2.05) is 13.8 Å². The highest BCUT2D eigenvalue weighted by Crippen LogP contribution is 2.14. The van der Waals surface area contributed by atoms with Crippen LogP contribution in [0.1, 0.15) is 30.6 Å². The van der Waals surface area contributed by atoms with Crippen LogP contribution >= 0.6 is 11.8 Å². The Kier molecular flexibility index (Phi) is 6.70. The predicted octanol–water partition coefficient (Wildman–Crippen LogP) is 1.85. The zero-order chi connectivity index (χ0) is 18.2. The summed E-state index contributed by atoms with van der Waals surface area (Å²) in [6.45, 7) is 3.76. The molecule has 25 heavy (non-hydrogen) atoms. The number of aromatic nitrogens is 3. The highest BCUT2D eigenvalue weighted by Gasteiger charge is 2.11. The molecule has 1 aromatic heterocycles. The average molecular weight is 362 g/mol. The summed E-state index contributed by atoms with van der Waals surface area (Å²) >= 11 is 1.06. The van der Waals surface area contributed by atoms with Crippen LogP contribution < -0.4 is 10.9 Å². The van der Waals surface area contributed by atoms with Gasteiger partial charge >= 0.3 is 5.97 Å². The third-order valence-corrected chi connectivity index (χ3v) is 4.04. The van der Waals surface area contributed by atoms with E-state index >= 15 is 0 Å². The Bertz CT molecular complexity index is 791. The van der Waals surface area contributed by atoms with E-state index < -0.39 is 5.97 Å². The van der Waals surface area contributed by atoms with Gasteiger partial charge in [0.1, 0.15) is 6.20 Å². The fourth-order valence-corrected chi connectivity index (χ4v) is 2.33. The summed E-state index contributed by atoms with van der Waals surface area (Å²) < 4.78 is 5.23. The average Bonchev–Trinajstić information content (AvgIpc) is 2.60. The van der Waals surface area contributed by atoms with E-state index in [9.17, 15) is 14.4 Å². The van der Waals surface area contributed by atoms with E-state index in [4.69, 9.17) is 4.74 Å². The van der Waals surface area contributed by atoms with Gasteiger partial charge in [0.05, 0.1) is 17.4 Å². The summed E-state index contributed by atoms with van der Waals surface area (Å²) in [5.41, 5.74) is 0.598. The highest BCUT2D eigenvalue weighted by molar-refractivity contribution is 7.99. The number of nitrogens with one attached hydrogen (secondary N) is 2. The zero-order valence-corrected chi connectivity index (χ0v) is 14.6. The predicted molar refractivity (Wildman–Crippen MR) is 93.6 cm³/mol. The monoisotopic (exact) mass is 362 g/mol. The molecule has 0 bridgehead atoms. The topological polar surface area (TPSA) is 114 Å². The first kappa shape index (κ1) is 18.7. The highest BCUT2D eigenvalue weighted by atomic mass is 32.2. The molecule has 0 unspecified atom stereocenters. The third-order valence-electron chi connectivity index (χ3n) is 3.18. The lowest BCUT2D eigenvalue weighted by molar-refractivity contribution is -0.113. The van der Waals surface area contributed by atoms with Crippen molar-refractivity contribution < 1.29 is 14.3 Å². The second-order valence-electron chi connectivity index (χ2n) is 5.18. The van der Waals surface area contributed by atoms with Crippen molar-refractivity contribution in [2.75, 3.05) is 11.1 Å². The first-order chi connectivity index (χ1) is 12.0. The van der Waals surface area contributed by atoms with Crippen LogP contribution in [0.2, 0.25) is 0 Å². The number of nitrogens with zero attached hydrogens (tertiary/aromatic N) is 2. The van der Waals surface area contributed by atoms with Gasteiger partial charge < -0.3 is 10.1 Å². The summed E-state index contributed by atoms with van der Waals surface area (Å²) in [4.78, 5) is 37.3. The number of carbonyl (C=O) groups is 2. The van der Waals surface area contributed by atoms with Crippen LogP contribution in [0.15, 0.2) is 40.4 Å². The third kappa shape index (κ3) is 6.03. The Labute approximate surface area is 148 Å². The van der Waals surface area contributed by atoms with Crippen LogP contribution in [0, 0.1) is 0 Å². The lowest BCUT2D eigenvalue weighted by Crippen LogP contribution is -2.16. The van der Waals surface area contributed by atoms with Crippen molar-refractivity contribution in [2.24, 2.45) is 0 Å². The molecule has 132 valence electrons. The number of esters is 1. The standard InChI is InChI=1S/C16H18N4O4S/c1-3-10(2)24-15(23)11-4-6-12(7-5-11)18-14(22)9-25-16-19-13(21)8-17-20-16/h4-8,10H,3,9H2,1-2H3,(H,18,22)(H,19,20,21)/t10-/m0/s1. The zero-order valence-electron chi connectivity index (χ0n) is 13.8. The largest absolute Gasteiger partial charge is 0.459 e. The van der Waals surface area contributed by atoms with Gasteiger partial charge in [-0.25, -0.2) is 4.79 Å². The summed E-state index contributed by atoms with van der Waals surface area (Å²) in [5.74, 6) is -0.604. The Balaban J connectivity index is 1.86. The molecule has 9 heteroatoms. The fourth-order valence-electron chi connectivity index (χ4n) is 1.72. The maximum Gasteiger partial charge on any atom is 0.338 e. The molecule has 2 rings (SSSR count). The van der Waals surface area contributed by atoms with Gasteiger partial charge in [-0.05, 0) is 37.6 Å². The molecule has 0 aliphatic carbocycles. The van der Waals surface area contributed by atoms with Crippen LogP contribution in [0.25, 0.3) is 0 Å². The van der Waals surface area contributed by atoms with Gasteiger partial charge in [0.25, 0.3) is 5.56 Å². The van der Waals surface area contributed by atoms with E-state index in [0.29, 0.717) is 11.3 Å². The lowest BCUT2D eigenvalue weighted by atomic mass is 10.2. The van der Waals surface area contributed by atoms with Crippen molar-refractivity contribution in [1.29, 1.82) is 0 Å². The molecule has 0 aliphatic rings. The van der Waals surface area contributed by atoms with Crippen LogP contribution in [-0.4, -0.2) is 38.9 Å². The number of ether oxygens (including phenoxy) is 1. The number of aromatic amines is 1. The number of thioether (sulfide) groups is 1. The summed E-state index contributed by atoms with van der Waals surface area (Å²) in [6.07, 6.45) is 1.66. The van der Waals surface area contributed by atoms with E-state index in [0.717, 1.165) is 24.4 Å². The molecule has 8 nitrogen and oxygen atoms in total. The minimum Gasteiger partial charge on any atom is -0.459 e. The normalized spacial score (nSPS) is 11.6. The molecule has 0 saturated heterocycles. The van der Waals surface area contributed by atoms with Gasteiger partial charge in [0.15, 0.2) is 5.16 Å². The number of benzene rings is 1. The molecular formula is C16H18N4O4S. The first-order valence-electron chi connectivity index (χ1n) is 7.63. The maximum atomic E-state index is 11.9. The second kappa shape index (κ2) is 8.97. The Hall–Kier alpha value is -2.68. The van der Waals surface area contributed by atoms with Crippen molar-refractivity contribution >= 4 is 29.3 Å². The SMILES string of the molecule is CC[C@H](C)OC(=O)c1ccc(NC(=O)CSc2nncc(=O)[nH]2)cc1. The van der Waals surface area contributed by atoms with Crippen molar-refractivity contribution in [2.45, 2.75) is 31.5 Å². The molecule has 1 amide bonds. The van der Waals surface area contributed by atoms with Gasteiger partial charge in [-0.1, -0.05) is 18.7 Å². The number of hydrogen-bond donors (Lipinski definition) is 2. The van der Waals surface area contributed by atoms with Crippen LogP contribution in [0.5, 0.6) is 0 Å². The molecule has 1 aromatic carbocycles. The fraction of sp³-hybridized carbons (Fsp3) is 0.312. The summed E-state index contributed by atoms with van der Waals surface area (Å²) in [7, 11) is 0. The molecule has 0 radical (unpaired) electrons. The van der Waals surface area contributed by atoms with Gasteiger partial charge in [0, 0.05) is 5.69 Å². The van der Waals surface area contributed by atoms with Crippen molar-refractivity contribution in [1.82, 2.24) is 15.2 Å². The van der Waals surface area contributed by atoms with Crippen LogP contribution in [-0.2, 0) is 9.53 Å². The van der Waals surface area contributed by atoms with Crippen molar-refractivity contribution in [3.63, 3.8) is 0 Å². The number of hydrogen-bond acceptors (Lipinski definition) is 7. The Morgan fingerprint density at radius 1 is 1.32 bits per heavy atom. The van der Waals surface area contributed by atoms with Gasteiger partial charge in [-0.2, -0.15) is 5.10 Å². The Morgan fingerprint density at radius 2 is 2.04 bits per heavy atom. The van der Waals surface area contributed by atoms with E-state index in [2.05, 4.69) is 20.5 Å². The maximum absolute atomic E-state index is 11.9. The second-order valence-corrected chi connectivity index (χ2v) is 6.14. The summed E-state index contributed by atoms with van der Waals surface area (Å²) in [5, 5.41) is 10.2. The lowest BCUT2D eigenvalue weighted by Gasteiger charge is -2.11. The number of anilines is 1. The number of amides is 1. The molecule has 0 fully saturated rings. The van der Waals surface area contributed by atoms with E-state index in [1.54, 1.807) is 24.3 Å². The molecule has 1 atom stereocenters. The Morgan fingerprint density at radius 3 is 2.68 bits per heavy atom. The molecule has 2 aromatic rings. The van der Waals surface area contributed by atoms with E-state index in [-0.39, 0.29) is 28.5 Å². The summed E-state index contributed by atoms with van der Waals surface area (Å²) in [6, 6.07) is 6.43. The quantitative estimate of drug-likeness (QED) is 0.570. The van der Waals surface area contributed by atoms with E-state index in [1.165, 1.54) is 0 Å². The molecule has 0 aliphatic heterocycles. The smallest absolute Gasteiger partial charge is 0.338 e. The number of carbonyl (C=O) groups excluding carboxylic acids is 2. The number of rotatable bonds is 7. The number of H-pyrrole nitrogens is 1. The van der Waals surface area contributed by atoms with Crippen LogP contribution in [0.3, 0.4) is 0 Å². The minimum atomic E-state index is -0.394. The molecule has 2 N–H and O–H groups in total. The molecule has 0 saturated carbocycles. The van der Waals surface area contributed by atoms with Gasteiger partial charge in [-0.3, -0.25) is 14.6 Å². The first-order valence-corrected chi connectivity index (χ1v) is 8.62. The van der Waals surface area contributed by atoms with Crippen molar-refractivity contribution in [3.8, 4) is 0 Å². The van der Waals surface area contributed by atoms with Gasteiger partial charge in [-0.15, -0.1) is 5.10 Å². The molecule has 1 heterocycles. The van der Waals surface area contributed by atoms with Crippen molar-refractivity contribution in [3.05, 3.63) is 46.4 Å². The van der Waals surface area contributed by atoms with Gasteiger partial charge in [0.2, 0.25) is 5.91 Å². The molecule has 0 spiro atoms. The minimum absolute atomic E-state index is 0.0619.